The highest BCUT2D eigenvalue weighted by atomic mass is 16.2. The second-order valence-electron chi connectivity index (χ2n) is 9.38. The minimum atomic E-state index is -0.957. The van der Waals surface area contributed by atoms with Crippen molar-refractivity contribution in [3.63, 3.8) is 0 Å². The molecule has 1 aliphatic heterocycles. The molecule has 1 aliphatic rings. The number of aromatic nitrogens is 2. The monoisotopic (exact) mass is 500 g/mol. The van der Waals surface area contributed by atoms with Crippen molar-refractivity contribution in [2.75, 3.05) is 17.7 Å². The number of likely N-dealkylation sites (N-methyl/N-ethyl adjacent to an activating group) is 1. The Morgan fingerprint density at radius 2 is 1.84 bits per heavy atom. The predicted molar refractivity (Wildman–Crippen MR) is 142 cm³/mol. The van der Waals surface area contributed by atoms with Crippen LogP contribution in [0.15, 0.2) is 60.8 Å². The molecule has 3 aromatic rings. The van der Waals surface area contributed by atoms with E-state index in [1.165, 1.54) is 4.90 Å². The number of hydrogen-bond acceptors (Lipinski definition) is 6. The van der Waals surface area contributed by atoms with Crippen molar-refractivity contribution in [1.82, 2.24) is 20.2 Å². The maximum absolute atomic E-state index is 13.7. The van der Waals surface area contributed by atoms with Crippen molar-refractivity contribution in [3.05, 3.63) is 83.3 Å². The molecule has 0 radical (unpaired) electrons. The van der Waals surface area contributed by atoms with Crippen LogP contribution in [-0.4, -0.2) is 45.8 Å². The molecule has 0 saturated carbocycles. The number of nitrogen functional groups attached to an aromatic ring is 1. The van der Waals surface area contributed by atoms with Crippen LogP contribution in [0.1, 0.15) is 41.9 Å². The predicted octanol–water partition coefficient (Wildman–Crippen LogP) is 3.57. The lowest BCUT2D eigenvalue weighted by Gasteiger charge is -2.46. The lowest BCUT2D eigenvalue weighted by molar-refractivity contribution is -0.156. The first kappa shape index (κ1) is 25.8. The normalized spacial score (nSPS) is 17.6. The molecule has 9 nitrogen and oxygen atoms in total. The molecule has 4 rings (SSSR count). The zero-order chi connectivity index (χ0) is 26.7. The Hall–Kier alpha value is -4.27. The first-order chi connectivity index (χ1) is 17.7. The molecule has 1 aromatic carbocycles. The summed E-state index contributed by atoms with van der Waals surface area (Å²) < 4.78 is 0. The molecule has 1 saturated heterocycles. The second-order valence-corrected chi connectivity index (χ2v) is 9.38. The zero-order valence-corrected chi connectivity index (χ0v) is 21.5. The van der Waals surface area contributed by atoms with Gasteiger partial charge in [0.05, 0.1) is 12.0 Å². The van der Waals surface area contributed by atoms with Crippen molar-refractivity contribution in [2.45, 2.75) is 45.7 Å². The number of urea groups is 1. The van der Waals surface area contributed by atoms with Gasteiger partial charge in [-0.15, -0.1) is 0 Å². The van der Waals surface area contributed by atoms with Crippen molar-refractivity contribution < 1.29 is 14.4 Å². The fraction of sp³-hybridized carbons (Fsp3) is 0.321. The number of pyridine rings is 2. The Morgan fingerprint density at radius 3 is 2.46 bits per heavy atom. The van der Waals surface area contributed by atoms with E-state index in [1.807, 2.05) is 69.3 Å². The quantitative estimate of drug-likeness (QED) is 0.479. The van der Waals surface area contributed by atoms with Crippen LogP contribution in [0.2, 0.25) is 0 Å². The Kier molecular flexibility index (Phi) is 7.52. The number of rotatable bonds is 7. The molecule has 1 unspecified atom stereocenters. The summed E-state index contributed by atoms with van der Waals surface area (Å²) >= 11 is 0. The average Bonchev–Trinajstić information content (AvgIpc) is 2.88. The molecule has 1 fully saturated rings. The van der Waals surface area contributed by atoms with Gasteiger partial charge < -0.3 is 16.0 Å². The van der Waals surface area contributed by atoms with Crippen LogP contribution in [0, 0.1) is 19.8 Å². The summed E-state index contributed by atoms with van der Waals surface area (Å²) in [6.07, 6.45) is 2.58. The number of nitrogens with two attached hydrogens (primary N) is 1. The number of nitrogens with zero attached hydrogens (tertiary/aromatic N) is 4. The van der Waals surface area contributed by atoms with E-state index in [4.69, 9.17) is 5.73 Å². The van der Waals surface area contributed by atoms with E-state index in [0.717, 1.165) is 27.4 Å². The number of para-hydroxylation sites is 1. The van der Waals surface area contributed by atoms with Crippen molar-refractivity contribution in [3.8, 4) is 0 Å². The topological polar surface area (TPSA) is 122 Å². The van der Waals surface area contributed by atoms with Gasteiger partial charge in [0, 0.05) is 30.3 Å². The molecule has 2 aromatic heterocycles. The third kappa shape index (κ3) is 5.45. The van der Waals surface area contributed by atoms with Crippen LogP contribution in [0.25, 0.3) is 0 Å². The molecule has 37 heavy (non-hydrogen) atoms. The highest BCUT2D eigenvalue weighted by Gasteiger charge is 2.55. The summed E-state index contributed by atoms with van der Waals surface area (Å²) in [6.45, 7) is 5.64. The number of nitrogens with one attached hydrogen (secondary N) is 1. The van der Waals surface area contributed by atoms with Crippen LogP contribution in [0.4, 0.5) is 16.3 Å². The lowest BCUT2D eigenvalue weighted by Crippen LogP contribution is -2.70. The number of carbonyl (C=O) groups is 3. The van der Waals surface area contributed by atoms with Gasteiger partial charge >= 0.3 is 6.03 Å². The van der Waals surface area contributed by atoms with Crippen LogP contribution in [0.3, 0.4) is 0 Å². The minimum absolute atomic E-state index is 0.272. The lowest BCUT2D eigenvalue weighted by atomic mass is 9.81. The van der Waals surface area contributed by atoms with Crippen molar-refractivity contribution in [1.29, 1.82) is 0 Å². The Labute approximate surface area is 216 Å². The molecular formula is C28H32N6O3. The average molecular weight is 501 g/mol. The first-order valence-electron chi connectivity index (χ1n) is 12.3. The number of β-lactam (4-membered cyclic amide) rings is 1. The fourth-order valence-corrected chi connectivity index (χ4v) is 4.70. The molecule has 0 spiro atoms. The maximum atomic E-state index is 13.7. The number of benzene rings is 1. The van der Waals surface area contributed by atoms with Crippen LogP contribution >= 0.6 is 0 Å². The largest absolute Gasteiger partial charge is 0.384 e. The Bertz CT molecular complexity index is 1270. The van der Waals surface area contributed by atoms with Gasteiger partial charge in [-0.05, 0) is 68.1 Å². The van der Waals surface area contributed by atoms with E-state index in [-0.39, 0.29) is 18.4 Å². The van der Waals surface area contributed by atoms with Gasteiger partial charge in [-0.2, -0.15) is 0 Å². The summed E-state index contributed by atoms with van der Waals surface area (Å²) in [5, 5.41) is 2.93. The van der Waals surface area contributed by atoms with E-state index in [2.05, 4.69) is 15.3 Å². The number of carbonyl (C=O) groups excluding carboxylic acids is 3. The third-order valence-corrected chi connectivity index (χ3v) is 6.69. The van der Waals surface area contributed by atoms with Crippen LogP contribution < -0.4 is 16.0 Å². The summed E-state index contributed by atoms with van der Waals surface area (Å²) in [7, 11) is 1.65. The van der Waals surface area contributed by atoms with E-state index in [9.17, 15) is 14.4 Å². The van der Waals surface area contributed by atoms with E-state index in [0.29, 0.717) is 17.9 Å². The third-order valence-electron chi connectivity index (χ3n) is 6.69. The van der Waals surface area contributed by atoms with Gasteiger partial charge in [-0.3, -0.25) is 19.5 Å². The number of hydrogen-bond donors (Lipinski definition) is 2. The van der Waals surface area contributed by atoms with Gasteiger partial charge in [0.15, 0.2) is 0 Å². The first-order valence-corrected chi connectivity index (χ1v) is 12.3. The second kappa shape index (κ2) is 10.8. The molecule has 9 heteroatoms. The molecule has 0 aliphatic carbocycles. The summed E-state index contributed by atoms with van der Waals surface area (Å²) in [5.74, 6) is -1.10. The minimum Gasteiger partial charge on any atom is -0.384 e. The Morgan fingerprint density at radius 1 is 1.11 bits per heavy atom. The van der Waals surface area contributed by atoms with Crippen LogP contribution in [-0.2, 0) is 16.0 Å². The molecule has 4 amide bonds. The highest BCUT2D eigenvalue weighted by Crippen LogP contribution is 2.33. The molecule has 3 N–H and O–H groups in total. The van der Waals surface area contributed by atoms with Crippen molar-refractivity contribution in [2.24, 2.45) is 5.92 Å². The number of aryl methyl sites for hydroxylation is 2. The fourth-order valence-electron chi connectivity index (χ4n) is 4.70. The summed E-state index contributed by atoms with van der Waals surface area (Å²) in [6, 6.07) is 14.5. The van der Waals surface area contributed by atoms with Gasteiger partial charge in [0.25, 0.3) is 5.91 Å². The highest BCUT2D eigenvalue weighted by molar-refractivity contribution is 6.12. The van der Waals surface area contributed by atoms with Gasteiger partial charge in [0.2, 0.25) is 5.91 Å². The standard InChI is InChI=1S/C28H32N6O3/c1-5-23(20-12-11-17(2)30-16-20)32-28(37)34-25(27(36)33(4)21-9-7-6-8-10-21)22(26(34)35)14-19-13-18(3)31-24(29)15-19/h6-13,15-16,22-23,25H,5,14H2,1-4H3,(H2,29,31)(H,32,37)/t22?,23-,25+/m1/s1. The van der Waals surface area contributed by atoms with Gasteiger partial charge in [-0.1, -0.05) is 31.2 Å². The maximum Gasteiger partial charge on any atom is 0.325 e. The number of amides is 4. The summed E-state index contributed by atoms with van der Waals surface area (Å²) in [4.78, 5) is 51.5. The number of anilines is 2. The summed E-state index contributed by atoms with van der Waals surface area (Å²) in [5.41, 5.74) is 9.79. The van der Waals surface area contributed by atoms with Crippen LogP contribution in [0.5, 0.6) is 0 Å². The molecule has 3 atom stereocenters. The molecular weight excluding hydrogens is 468 g/mol. The van der Waals surface area contributed by atoms with Crippen molar-refractivity contribution >= 4 is 29.4 Å². The van der Waals surface area contributed by atoms with Gasteiger partial charge in [-0.25, -0.2) is 9.78 Å². The zero-order valence-electron chi connectivity index (χ0n) is 21.5. The smallest absolute Gasteiger partial charge is 0.325 e. The Balaban J connectivity index is 1.61. The molecule has 3 heterocycles. The number of likely N-dealkylation sites (tertiary alicyclic amines) is 1. The number of imide groups is 1. The van der Waals surface area contributed by atoms with Gasteiger partial charge in [0.1, 0.15) is 11.9 Å². The van der Waals surface area contributed by atoms with E-state index in [1.54, 1.807) is 19.3 Å². The molecule has 192 valence electrons. The molecule has 0 bridgehead atoms. The van der Waals surface area contributed by atoms with E-state index >= 15 is 0 Å². The SMILES string of the molecule is CC[C@@H](NC(=O)N1C(=O)C(Cc2cc(C)nc(N)c2)[C@H]1C(=O)N(C)c1ccccc1)c1ccc(C)nc1. The van der Waals surface area contributed by atoms with E-state index < -0.39 is 23.9 Å².